The quantitative estimate of drug-likeness (QED) is 0.540. The molecular weight excluding hydrogens is 211 g/mol. The van der Waals surface area contributed by atoms with Gasteiger partial charge in [-0.3, -0.25) is 14.4 Å². The van der Waals surface area contributed by atoms with Crippen molar-refractivity contribution in [3.8, 4) is 0 Å². The van der Waals surface area contributed by atoms with Crippen LogP contribution in [0.5, 0.6) is 0 Å². The smallest absolute Gasteiger partial charge is 0.311 e. The van der Waals surface area contributed by atoms with E-state index >= 15 is 0 Å². The highest BCUT2D eigenvalue weighted by molar-refractivity contribution is 7.19. The second-order valence-electron chi connectivity index (χ2n) is 2.74. The molecule has 0 aromatic heterocycles. The maximum atomic E-state index is 10.6. The molecule has 80 valence electrons. The van der Waals surface area contributed by atoms with Crippen molar-refractivity contribution >= 4 is 27.1 Å². The first-order chi connectivity index (χ1) is 6.36. The predicted octanol–water partition coefficient (Wildman–Crippen LogP) is -0.120. The maximum absolute atomic E-state index is 10.6. The van der Waals surface area contributed by atoms with Gasteiger partial charge in [0.1, 0.15) is 0 Å². The number of hydrogen-bond acceptors (Lipinski definition) is 3. The third-order valence-corrected chi connectivity index (χ3v) is 2.45. The Balaban J connectivity index is 4.37. The maximum Gasteiger partial charge on any atom is 0.311 e. The van der Waals surface area contributed by atoms with Gasteiger partial charge in [-0.15, -0.1) is 9.24 Å². The first kappa shape index (κ1) is 12.8. The van der Waals surface area contributed by atoms with Gasteiger partial charge in [0.05, 0.1) is 11.6 Å². The lowest BCUT2D eigenvalue weighted by atomic mass is 9.99. The molecule has 0 spiro atoms. The van der Waals surface area contributed by atoms with Gasteiger partial charge in [-0.2, -0.15) is 0 Å². The summed E-state index contributed by atoms with van der Waals surface area (Å²) in [6, 6.07) is 0. The van der Waals surface area contributed by atoms with Crippen LogP contribution < -0.4 is 0 Å². The molecule has 0 aromatic carbocycles. The Morgan fingerprint density at radius 3 is 1.86 bits per heavy atom. The number of carboxylic acids is 3. The van der Waals surface area contributed by atoms with Crippen molar-refractivity contribution in [2.45, 2.75) is 18.5 Å². The van der Waals surface area contributed by atoms with Crippen LogP contribution in [0.1, 0.15) is 12.8 Å². The third kappa shape index (κ3) is 4.18. The SMILES string of the molecule is O=C(O)CCC(C(=O)O)C(P)C(=O)O. The van der Waals surface area contributed by atoms with Crippen molar-refractivity contribution in [2.24, 2.45) is 5.92 Å². The van der Waals surface area contributed by atoms with Crippen LogP contribution in [0.15, 0.2) is 0 Å². The van der Waals surface area contributed by atoms with E-state index in [0.717, 1.165) is 0 Å². The predicted molar refractivity (Wildman–Crippen MR) is 49.1 cm³/mol. The van der Waals surface area contributed by atoms with E-state index in [0.29, 0.717) is 0 Å². The van der Waals surface area contributed by atoms with Crippen molar-refractivity contribution in [2.75, 3.05) is 0 Å². The van der Waals surface area contributed by atoms with Gasteiger partial charge in [0, 0.05) is 6.42 Å². The van der Waals surface area contributed by atoms with Crippen LogP contribution in [0.2, 0.25) is 0 Å². The Labute approximate surface area is 82.1 Å². The molecular formula is C7H11O6P. The van der Waals surface area contributed by atoms with Crippen LogP contribution in [0.4, 0.5) is 0 Å². The minimum Gasteiger partial charge on any atom is -0.481 e. The molecule has 14 heavy (non-hydrogen) atoms. The van der Waals surface area contributed by atoms with E-state index < -0.39 is 29.5 Å². The van der Waals surface area contributed by atoms with Crippen molar-refractivity contribution < 1.29 is 29.7 Å². The molecule has 0 aliphatic heterocycles. The zero-order valence-corrected chi connectivity index (χ0v) is 8.37. The van der Waals surface area contributed by atoms with Crippen LogP contribution >= 0.6 is 9.24 Å². The summed E-state index contributed by atoms with van der Waals surface area (Å²) in [4.78, 5) is 31.2. The van der Waals surface area contributed by atoms with Gasteiger partial charge in [0.25, 0.3) is 0 Å². The van der Waals surface area contributed by atoms with E-state index in [9.17, 15) is 14.4 Å². The van der Waals surface area contributed by atoms with E-state index in [1.807, 2.05) is 9.24 Å². The number of carbonyl (C=O) groups is 3. The summed E-state index contributed by atoms with van der Waals surface area (Å²) in [6.45, 7) is 0. The summed E-state index contributed by atoms with van der Waals surface area (Å²) in [6.07, 6.45) is -0.541. The molecule has 0 aliphatic rings. The Morgan fingerprint density at radius 1 is 1.07 bits per heavy atom. The molecule has 0 heterocycles. The molecule has 0 aromatic rings. The zero-order valence-electron chi connectivity index (χ0n) is 7.21. The highest BCUT2D eigenvalue weighted by Crippen LogP contribution is 2.19. The van der Waals surface area contributed by atoms with Crippen molar-refractivity contribution in [1.29, 1.82) is 0 Å². The standard InChI is InChI=1S/C7H11O6P/c8-4(9)2-1-3(6(10)11)5(14)7(12)13/h3,5H,1-2,14H2,(H,8,9)(H,10,11)(H,12,13). The Bertz CT molecular complexity index is 251. The van der Waals surface area contributed by atoms with E-state index in [2.05, 4.69) is 0 Å². The van der Waals surface area contributed by atoms with Crippen molar-refractivity contribution in [3.63, 3.8) is 0 Å². The molecule has 0 rings (SSSR count). The molecule has 0 aliphatic carbocycles. The molecule has 3 atom stereocenters. The molecule has 0 radical (unpaired) electrons. The van der Waals surface area contributed by atoms with E-state index in [4.69, 9.17) is 15.3 Å². The fraction of sp³-hybridized carbons (Fsp3) is 0.571. The van der Waals surface area contributed by atoms with Crippen LogP contribution in [0.3, 0.4) is 0 Å². The Hall–Kier alpha value is -1.16. The average molecular weight is 222 g/mol. The molecule has 6 nitrogen and oxygen atoms in total. The van der Waals surface area contributed by atoms with Crippen molar-refractivity contribution in [1.82, 2.24) is 0 Å². The molecule has 0 bridgehead atoms. The van der Waals surface area contributed by atoms with Crippen LogP contribution in [0.25, 0.3) is 0 Å². The summed E-state index contributed by atoms with van der Waals surface area (Å²) in [7, 11) is 1.89. The van der Waals surface area contributed by atoms with E-state index in [1.165, 1.54) is 0 Å². The van der Waals surface area contributed by atoms with Crippen LogP contribution in [-0.2, 0) is 14.4 Å². The fourth-order valence-electron chi connectivity index (χ4n) is 0.908. The monoisotopic (exact) mass is 222 g/mol. The largest absolute Gasteiger partial charge is 0.481 e. The summed E-state index contributed by atoms with van der Waals surface area (Å²) in [5.41, 5.74) is -1.16. The lowest BCUT2D eigenvalue weighted by Gasteiger charge is -2.14. The number of hydrogen-bond donors (Lipinski definition) is 3. The number of carboxylic acid groups (broad SMARTS) is 3. The van der Waals surface area contributed by atoms with Gasteiger partial charge in [-0.1, -0.05) is 0 Å². The van der Waals surface area contributed by atoms with E-state index in [-0.39, 0.29) is 12.8 Å². The molecule has 0 saturated carbocycles. The van der Waals surface area contributed by atoms with Gasteiger partial charge in [-0.25, -0.2) is 0 Å². The second kappa shape index (κ2) is 5.54. The van der Waals surface area contributed by atoms with Gasteiger partial charge in [0.2, 0.25) is 0 Å². The average Bonchev–Trinajstić information content (AvgIpc) is 2.02. The van der Waals surface area contributed by atoms with E-state index in [1.54, 1.807) is 0 Å². The first-order valence-corrected chi connectivity index (χ1v) is 4.46. The second-order valence-corrected chi connectivity index (χ2v) is 3.46. The molecule has 3 N–H and O–H groups in total. The summed E-state index contributed by atoms with van der Waals surface area (Å²) < 4.78 is 0. The van der Waals surface area contributed by atoms with Gasteiger partial charge < -0.3 is 15.3 Å². The summed E-state index contributed by atoms with van der Waals surface area (Å²) >= 11 is 0. The zero-order chi connectivity index (χ0) is 11.3. The normalized spacial score (nSPS) is 14.4. The van der Waals surface area contributed by atoms with Crippen LogP contribution in [-0.4, -0.2) is 38.9 Å². The Morgan fingerprint density at radius 2 is 1.57 bits per heavy atom. The minimum atomic E-state index is -1.30. The summed E-state index contributed by atoms with van der Waals surface area (Å²) in [5.74, 6) is -4.89. The topological polar surface area (TPSA) is 112 Å². The lowest BCUT2D eigenvalue weighted by molar-refractivity contribution is -0.148. The van der Waals surface area contributed by atoms with Gasteiger partial charge >= 0.3 is 17.9 Å². The lowest BCUT2D eigenvalue weighted by Crippen LogP contribution is -2.30. The van der Waals surface area contributed by atoms with Crippen LogP contribution in [0, 0.1) is 5.92 Å². The first-order valence-electron chi connectivity index (χ1n) is 3.79. The minimum absolute atomic E-state index is 0.189. The fourth-order valence-corrected chi connectivity index (χ4v) is 1.26. The van der Waals surface area contributed by atoms with Crippen molar-refractivity contribution in [3.05, 3.63) is 0 Å². The molecule has 7 heteroatoms. The number of rotatable bonds is 6. The van der Waals surface area contributed by atoms with Gasteiger partial charge in [0.15, 0.2) is 0 Å². The highest BCUT2D eigenvalue weighted by atomic mass is 31.0. The molecule has 0 fully saturated rings. The third-order valence-electron chi connectivity index (χ3n) is 1.71. The molecule has 3 unspecified atom stereocenters. The Kier molecular flexibility index (Phi) is 5.09. The highest BCUT2D eigenvalue weighted by Gasteiger charge is 2.30. The molecule has 0 saturated heterocycles. The summed E-state index contributed by atoms with van der Waals surface area (Å²) in [5, 5.41) is 25.5. The number of aliphatic carboxylic acids is 3. The van der Waals surface area contributed by atoms with Gasteiger partial charge in [-0.05, 0) is 6.42 Å². The molecule has 0 amide bonds.